The minimum Gasteiger partial charge on any atom is -0.355 e. The van der Waals surface area contributed by atoms with Crippen molar-refractivity contribution in [2.45, 2.75) is 59.8 Å². The maximum Gasteiger partial charge on any atom is 0.224 e. The third kappa shape index (κ3) is 3.52. The lowest BCUT2D eigenvalue weighted by atomic mass is 10.0. The quantitative estimate of drug-likeness (QED) is 0.830. The van der Waals surface area contributed by atoms with Crippen LogP contribution in [0.25, 0.3) is 0 Å². The Kier molecular flexibility index (Phi) is 4.63. The Hall–Kier alpha value is -1.16. The average Bonchev–Trinajstić information content (AvgIpc) is 2.82. The maximum atomic E-state index is 12.4. The summed E-state index contributed by atoms with van der Waals surface area (Å²) in [4.78, 5) is 18.7. The number of hydrogen-bond acceptors (Lipinski definition) is 3. The lowest BCUT2D eigenvalue weighted by Crippen LogP contribution is -2.28. The lowest BCUT2D eigenvalue weighted by molar-refractivity contribution is -0.123. The van der Waals surface area contributed by atoms with Crippen molar-refractivity contribution in [3.63, 3.8) is 0 Å². The van der Waals surface area contributed by atoms with Crippen LogP contribution < -0.4 is 5.32 Å². The van der Waals surface area contributed by atoms with E-state index in [4.69, 9.17) is 4.98 Å². The van der Waals surface area contributed by atoms with Crippen LogP contribution in [0.1, 0.15) is 56.1 Å². The molecular weight excluding hydrogens is 304 g/mol. The van der Waals surface area contributed by atoms with E-state index >= 15 is 0 Å². The molecule has 126 valence electrons. The Labute approximate surface area is 143 Å². The van der Waals surface area contributed by atoms with Crippen molar-refractivity contribution < 1.29 is 4.79 Å². The van der Waals surface area contributed by atoms with Gasteiger partial charge in [0.25, 0.3) is 0 Å². The molecule has 4 heteroatoms. The number of thiazole rings is 1. The van der Waals surface area contributed by atoms with Gasteiger partial charge in [-0.05, 0) is 50.9 Å². The van der Waals surface area contributed by atoms with Crippen LogP contribution in [0.2, 0.25) is 0 Å². The molecule has 0 aliphatic heterocycles. The van der Waals surface area contributed by atoms with Crippen LogP contribution in [0.4, 0.5) is 0 Å². The van der Waals surface area contributed by atoms with Gasteiger partial charge in [-0.1, -0.05) is 25.5 Å². The molecule has 0 bridgehead atoms. The molecule has 2 aliphatic carbocycles. The summed E-state index contributed by atoms with van der Waals surface area (Å²) in [6.07, 6.45) is 8.02. The monoisotopic (exact) mass is 332 g/mol. The highest BCUT2D eigenvalue weighted by Crippen LogP contribution is 2.59. The Bertz CT molecular complexity index is 602. The van der Waals surface area contributed by atoms with E-state index in [2.05, 4.69) is 39.1 Å². The van der Waals surface area contributed by atoms with Gasteiger partial charge in [-0.25, -0.2) is 4.98 Å². The third-order valence-electron chi connectivity index (χ3n) is 5.23. The highest BCUT2D eigenvalue weighted by Gasteiger charge is 2.60. The average molecular weight is 333 g/mol. The summed E-state index contributed by atoms with van der Waals surface area (Å²) in [7, 11) is 0. The third-order valence-corrected chi connectivity index (χ3v) is 6.45. The van der Waals surface area contributed by atoms with E-state index in [-0.39, 0.29) is 17.2 Å². The smallest absolute Gasteiger partial charge is 0.224 e. The SMILES string of the molecule is CC(C)=C[C@@H]1[C@H](C(=O)NCCc2nc3c(s2)CCCC3)C1(C)C. The molecule has 1 amide bonds. The van der Waals surface area contributed by atoms with Crippen molar-refractivity contribution >= 4 is 17.2 Å². The van der Waals surface area contributed by atoms with Gasteiger partial charge in [0.1, 0.15) is 0 Å². The van der Waals surface area contributed by atoms with Gasteiger partial charge in [0.05, 0.1) is 16.6 Å². The molecule has 0 saturated heterocycles. The van der Waals surface area contributed by atoms with Crippen molar-refractivity contribution in [2.75, 3.05) is 6.54 Å². The predicted molar refractivity (Wildman–Crippen MR) is 95.7 cm³/mol. The Balaban J connectivity index is 1.50. The van der Waals surface area contributed by atoms with Crippen LogP contribution in [0.15, 0.2) is 11.6 Å². The molecule has 2 aliphatic rings. The fourth-order valence-electron chi connectivity index (χ4n) is 3.76. The first-order valence-corrected chi connectivity index (χ1v) is 9.61. The van der Waals surface area contributed by atoms with Crippen LogP contribution >= 0.6 is 11.3 Å². The van der Waals surface area contributed by atoms with Gasteiger partial charge in [-0.15, -0.1) is 11.3 Å². The van der Waals surface area contributed by atoms with Gasteiger partial charge in [0, 0.05) is 17.8 Å². The van der Waals surface area contributed by atoms with Crippen molar-refractivity contribution in [2.24, 2.45) is 17.3 Å². The zero-order valence-electron chi connectivity index (χ0n) is 14.7. The molecule has 0 aromatic carbocycles. The second-order valence-corrected chi connectivity index (χ2v) is 8.96. The summed E-state index contributed by atoms with van der Waals surface area (Å²) in [6, 6.07) is 0. The number of amides is 1. The number of rotatable bonds is 5. The summed E-state index contributed by atoms with van der Waals surface area (Å²) in [6.45, 7) is 9.30. The van der Waals surface area contributed by atoms with Crippen molar-refractivity contribution in [1.29, 1.82) is 0 Å². The zero-order chi connectivity index (χ0) is 16.6. The van der Waals surface area contributed by atoms with E-state index in [1.54, 1.807) is 0 Å². The Morgan fingerprint density at radius 1 is 1.35 bits per heavy atom. The number of nitrogens with one attached hydrogen (secondary N) is 1. The lowest BCUT2D eigenvalue weighted by Gasteiger charge is -2.06. The van der Waals surface area contributed by atoms with E-state index in [1.165, 1.54) is 40.4 Å². The maximum absolute atomic E-state index is 12.4. The molecule has 0 unspecified atom stereocenters. The topological polar surface area (TPSA) is 42.0 Å². The second-order valence-electron chi connectivity index (χ2n) is 7.79. The molecular formula is C19H28N2OS. The number of nitrogens with zero attached hydrogens (tertiary/aromatic N) is 1. The molecule has 1 aromatic rings. The molecule has 1 aromatic heterocycles. The fraction of sp³-hybridized carbons (Fsp3) is 0.684. The van der Waals surface area contributed by atoms with Crippen molar-refractivity contribution in [1.82, 2.24) is 10.3 Å². The summed E-state index contributed by atoms with van der Waals surface area (Å²) in [5.74, 6) is 0.723. The first kappa shape index (κ1) is 16.7. The van der Waals surface area contributed by atoms with E-state index in [1.807, 2.05) is 11.3 Å². The van der Waals surface area contributed by atoms with Crippen LogP contribution in [0, 0.1) is 17.3 Å². The van der Waals surface area contributed by atoms with Gasteiger partial charge in [-0.2, -0.15) is 0 Å². The normalized spacial score (nSPS) is 24.7. The number of carbonyl (C=O) groups is 1. The fourth-order valence-corrected chi connectivity index (χ4v) is 4.92. The van der Waals surface area contributed by atoms with Crippen LogP contribution in [0.3, 0.4) is 0 Å². The minimum atomic E-state index is 0.0988. The molecule has 1 fully saturated rings. The number of hydrogen-bond donors (Lipinski definition) is 1. The molecule has 1 N–H and O–H groups in total. The molecule has 23 heavy (non-hydrogen) atoms. The number of carbonyl (C=O) groups excluding carboxylic acids is 1. The summed E-state index contributed by atoms with van der Waals surface area (Å²) in [5, 5.41) is 4.32. The molecule has 0 spiro atoms. The summed E-state index contributed by atoms with van der Waals surface area (Å²) in [5.41, 5.74) is 2.71. The van der Waals surface area contributed by atoms with E-state index < -0.39 is 0 Å². The number of aryl methyl sites for hydroxylation is 2. The summed E-state index contributed by atoms with van der Waals surface area (Å²) < 4.78 is 0. The van der Waals surface area contributed by atoms with Gasteiger partial charge in [0.2, 0.25) is 5.91 Å². The number of aromatic nitrogens is 1. The first-order chi connectivity index (χ1) is 10.9. The Morgan fingerprint density at radius 2 is 2.09 bits per heavy atom. The van der Waals surface area contributed by atoms with Gasteiger partial charge in [0.15, 0.2) is 0 Å². The van der Waals surface area contributed by atoms with Crippen molar-refractivity contribution in [3.8, 4) is 0 Å². The minimum absolute atomic E-state index is 0.0988. The van der Waals surface area contributed by atoms with E-state index in [0.29, 0.717) is 12.5 Å². The first-order valence-electron chi connectivity index (χ1n) is 8.80. The van der Waals surface area contributed by atoms with Gasteiger partial charge in [-0.3, -0.25) is 4.79 Å². The molecule has 0 radical (unpaired) electrons. The second kappa shape index (κ2) is 6.39. The Morgan fingerprint density at radius 3 is 2.78 bits per heavy atom. The van der Waals surface area contributed by atoms with E-state index in [0.717, 1.165) is 12.8 Å². The summed E-state index contributed by atoms with van der Waals surface area (Å²) >= 11 is 1.85. The van der Waals surface area contributed by atoms with Gasteiger partial charge < -0.3 is 5.32 Å². The van der Waals surface area contributed by atoms with Gasteiger partial charge >= 0.3 is 0 Å². The van der Waals surface area contributed by atoms with Crippen molar-refractivity contribution in [3.05, 3.63) is 27.2 Å². The molecule has 1 heterocycles. The highest BCUT2D eigenvalue weighted by atomic mass is 32.1. The molecule has 2 atom stereocenters. The standard InChI is InChI=1S/C19H28N2OS/c1-12(2)11-13-17(19(13,3)4)18(22)20-10-9-16-21-14-7-5-6-8-15(14)23-16/h11,13,17H,5-10H2,1-4H3,(H,20,22)/t13-,17-/m1/s1. The van der Waals surface area contributed by atoms with Crippen LogP contribution in [0.5, 0.6) is 0 Å². The molecule has 1 saturated carbocycles. The predicted octanol–water partition coefficient (Wildman–Crippen LogP) is 3.92. The number of allylic oxidation sites excluding steroid dienone is 2. The molecule has 3 rings (SSSR count). The largest absolute Gasteiger partial charge is 0.355 e. The van der Waals surface area contributed by atoms with Crippen LogP contribution in [-0.2, 0) is 24.1 Å². The van der Waals surface area contributed by atoms with Crippen LogP contribution in [-0.4, -0.2) is 17.4 Å². The van der Waals surface area contributed by atoms with E-state index in [9.17, 15) is 4.79 Å². The zero-order valence-corrected chi connectivity index (χ0v) is 15.6. The number of fused-ring (bicyclic) bond motifs is 1. The molecule has 3 nitrogen and oxygen atoms in total. The highest BCUT2D eigenvalue weighted by molar-refractivity contribution is 7.11.